The lowest BCUT2D eigenvalue weighted by Gasteiger charge is -2.13. The Hall–Kier alpha value is 0.0400. The molecule has 2 nitrogen and oxygen atoms in total. The van der Waals surface area contributed by atoms with Crippen LogP contribution in [0.25, 0.3) is 0 Å². The van der Waals surface area contributed by atoms with Crippen LogP contribution in [0.5, 0.6) is 0 Å². The van der Waals surface area contributed by atoms with Gasteiger partial charge in [0.15, 0.2) is 11.1 Å². The van der Waals surface area contributed by atoms with E-state index in [4.69, 9.17) is 4.55 Å². The van der Waals surface area contributed by atoms with Gasteiger partial charge in [0, 0.05) is 0 Å². The third-order valence-corrected chi connectivity index (χ3v) is 1.85. The minimum atomic E-state index is -2.05. The van der Waals surface area contributed by atoms with Crippen LogP contribution >= 0.6 is 0 Å². The fourth-order valence-electron chi connectivity index (χ4n) is 0.0467. The zero-order valence-electron chi connectivity index (χ0n) is 4.85. The van der Waals surface area contributed by atoms with Gasteiger partial charge in [0.25, 0.3) is 0 Å². The molecule has 0 rings (SSSR count). The van der Waals surface area contributed by atoms with Gasteiger partial charge in [-0.05, 0) is 13.8 Å². The molecule has 4 heteroatoms. The maximum Gasteiger partial charge on any atom is 0.161 e. The second kappa shape index (κ2) is 2.55. The van der Waals surface area contributed by atoms with Crippen LogP contribution in [0.2, 0.25) is 0 Å². The van der Waals surface area contributed by atoms with Crippen LogP contribution in [0.1, 0.15) is 13.8 Å². The molecule has 50 valence electrons. The molecule has 0 fully saturated rings. The molecule has 0 aromatic carbocycles. The fourth-order valence-corrected chi connectivity index (χ4v) is 0.140. The maximum absolute atomic E-state index is 11.7. The molecule has 0 aliphatic heterocycles. The van der Waals surface area contributed by atoms with E-state index < -0.39 is 22.5 Å². The van der Waals surface area contributed by atoms with Gasteiger partial charge in [-0.25, -0.2) is 8.60 Å². The Kier molecular flexibility index (Phi) is 2.56. The molecule has 1 unspecified atom stereocenters. The van der Waals surface area contributed by atoms with Crippen molar-refractivity contribution in [2.75, 3.05) is 6.67 Å². The predicted molar refractivity (Wildman–Crippen MR) is 30.8 cm³/mol. The summed E-state index contributed by atoms with van der Waals surface area (Å²) in [5, 5.41) is 0. The Morgan fingerprint density at radius 2 is 2.12 bits per heavy atom. The van der Waals surface area contributed by atoms with Gasteiger partial charge in [0.05, 0.1) is 4.75 Å². The molecule has 0 heterocycles. The highest BCUT2D eigenvalue weighted by molar-refractivity contribution is 7.80. The van der Waals surface area contributed by atoms with E-state index in [1.807, 2.05) is 0 Å². The van der Waals surface area contributed by atoms with Gasteiger partial charge in [-0.3, -0.25) is 0 Å². The molecule has 0 spiro atoms. The third-order valence-electron chi connectivity index (χ3n) is 0.795. The fraction of sp³-hybridized carbons (Fsp3) is 1.00. The average molecular weight is 140 g/mol. The van der Waals surface area contributed by atoms with Crippen LogP contribution in [-0.4, -0.2) is 20.2 Å². The predicted octanol–water partition coefficient (Wildman–Crippen LogP) is 0.956. The molecule has 0 amide bonds. The van der Waals surface area contributed by atoms with Crippen molar-refractivity contribution in [2.24, 2.45) is 0 Å². The van der Waals surface area contributed by atoms with E-state index in [9.17, 15) is 8.60 Å². The summed E-state index contributed by atoms with van der Waals surface area (Å²) in [5.41, 5.74) is 0. The van der Waals surface area contributed by atoms with Gasteiger partial charge in [-0.15, -0.1) is 0 Å². The molecule has 0 bridgehead atoms. The highest BCUT2D eigenvalue weighted by Crippen LogP contribution is 2.10. The van der Waals surface area contributed by atoms with E-state index in [1.165, 1.54) is 13.8 Å². The second-order valence-electron chi connectivity index (χ2n) is 2.14. The highest BCUT2D eigenvalue weighted by atomic mass is 32.2. The van der Waals surface area contributed by atoms with Crippen LogP contribution in [0.15, 0.2) is 0 Å². The van der Waals surface area contributed by atoms with E-state index in [-0.39, 0.29) is 0 Å². The van der Waals surface area contributed by atoms with Gasteiger partial charge in [-0.1, -0.05) is 0 Å². The lowest BCUT2D eigenvalue weighted by molar-refractivity contribution is 0.403. The highest BCUT2D eigenvalue weighted by Gasteiger charge is 2.24. The van der Waals surface area contributed by atoms with Gasteiger partial charge >= 0.3 is 0 Å². The maximum atomic E-state index is 11.7. The van der Waals surface area contributed by atoms with Crippen LogP contribution in [0, 0.1) is 0 Å². The molecular weight excluding hydrogens is 131 g/mol. The average Bonchev–Trinajstić information content (AvgIpc) is 1.67. The first-order chi connectivity index (χ1) is 3.50. The van der Waals surface area contributed by atoms with Crippen molar-refractivity contribution in [2.45, 2.75) is 18.6 Å². The molecule has 0 aromatic rings. The van der Waals surface area contributed by atoms with Crippen molar-refractivity contribution in [3.05, 3.63) is 0 Å². The molecule has 1 N–H and O–H groups in total. The van der Waals surface area contributed by atoms with Crippen LogP contribution in [0.3, 0.4) is 0 Å². The van der Waals surface area contributed by atoms with Crippen molar-refractivity contribution in [3.8, 4) is 0 Å². The summed E-state index contributed by atoms with van der Waals surface area (Å²) in [5.74, 6) is 0. The lowest BCUT2D eigenvalue weighted by atomic mass is 10.2. The normalized spacial score (nSPS) is 16.0. The zero-order chi connectivity index (χ0) is 6.78. The molecular formula is C4H9FO2S. The third kappa shape index (κ3) is 1.88. The topological polar surface area (TPSA) is 37.3 Å². The number of rotatable bonds is 2. The van der Waals surface area contributed by atoms with Crippen molar-refractivity contribution in [1.29, 1.82) is 0 Å². The Balaban J connectivity index is 3.91. The number of alkyl halides is 1. The van der Waals surface area contributed by atoms with Crippen LogP contribution in [0.4, 0.5) is 4.39 Å². The molecule has 0 aliphatic rings. The summed E-state index contributed by atoms with van der Waals surface area (Å²) in [6.07, 6.45) is 0. The van der Waals surface area contributed by atoms with Crippen molar-refractivity contribution in [1.82, 2.24) is 0 Å². The molecule has 0 saturated heterocycles. The Morgan fingerprint density at radius 3 is 2.12 bits per heavy atom. The minimum Gasteiger partial charge on any atom is -0.306 e. The number of halogens is 1. The summed E-state index contributed by atoms with van der Waals surface area (Å²) < 4.78 is 29.0. The first-order valence-corrected chi connectivity index (χ1v) is 3.28. The van der Waals surface area contributed by atoms with Gasteiger partial charge in [0.2, 0.25) is 0 Å². The smallest absolute Gasteiger partial charge is 0.161 e. The van der Waals surface area contributed by atoms with E-state index in [0.29, 0.717) is 0 Å². The second-order valence-corrected chi connectivity index (χ2v) is 3.75. The van der Waals surface area contributed by atoms with Crippen molar-refractivity contribution in [3.63, 3.8) is 0 Å². The van der Waals surface area contributed by atoms with Crippen LogP contribution in [-0.2, 0) is 11.1 Å². The summed E-state index contributed by atoms with van der Waals surface area (Å²) >= 11 is -2.05. The van der Waals surface area contributed by atoms with E-state index in [2.05, 4.69) is 0 Å². The first kappa shape index (κ1) is 8.04. The summed E-state index contributed by atoms with van der Waals surface area (Å²) in [7, 11) is 0. The largest absolute Gasteiger partial charge is 0.306 e. The first-order valence-electron chi connectivity index (χ1n) is 2.17. The molecule has 8 heavy (non-hydrogen) atoms. The molecule has 0 aliphatic carbocycles. The monoisotopic (exact) mass is 140 g/mol. The molecule has 0 saturated carbocycles. The van der Waals surface area contributed by atoms with Gasteiger partial charge < -0.3 is 4.55 Å². The van der Waals surface area contributed by atoms with E-state index in [1.54, 1.807) is 0 Å². The summed E-state index contributed by atoms with van der Waals surface area (Å²) in [4.78, 5) is 0. The van der Waals surface area contributed by atoms with Gasteiger partial charge in [0.1, 0.15) is 6.67 Å². The molecule has 0 aromatic heterocycles. The molecule has 0 radical (unpaired) electrons. The lowest BCUT2D eigenvalue weighted by Crippen LogP contribution is -2.28. The Bertz CT molecular complexity index is 102. The minimum absolute atomic E-state index is 0.768. The standard InChI is InChI=1S/C4H9FO2S/c1-4(2,3-5)8(6)7/h3H2,1-2H3,(H,6,7). The van der Waals surface area contributed by atoms with E-state index >= 15 is 0 Å². The number of hydrogen-bond acceptors (Lipinski definition) is 1. The Morgan fingerprint density at radius 1 is 1.75 bits per heavy atom. The van der Waals surface area contributed by atoms with Crippen molar-refractivity contribution >= 4 is 11.1 Å². The van der Waals surface area contributed by atoms with Crippen molar-refractivity contribution < 1.29 is 13.2 Å². The number of hydrogen-bond donors (Lipinski definition) is 1. The quantitative estimate of drug-likeness (QED) is 0.580. The Labute approximate surface area is 50.4 Å². The van der Waals surface area contributed by atoms with Crippen LogP contribution < -0.4 is 0 Å². The summed E-state index contributed by atoms with van der Waals surface area (Å²) in [6.45, 7) is 2.02. The SMILES string of the molecule is CC(C)(CF)S(=O)O. The summed E-state index contributed by atoms with van der Waals surface area (Å²) in [6, 6.07) is 0. The van der Waals surface area contributed by atoms with Gasteiger partial charge in [-0.2, -0.15) is 0 Å². The molecule has 1 atom stereocenters. The zero-order valence-corrected chi connectivity index (χ0v) is 5.67. The van der Waals surface area contributed by atoms with E-state index in [0.717, 1.165) is 0 Å².